The number of carbonyl (C=O) groups excluding carboxylic acids is 2. The molecule has 0 saturated heterocycles. The first-order chi connectivity index (χ1) is 9.40. The van der Waals surface area contributed by atoms with Gasteiger partial charge in [-0.25, -0.2) is 0 Å². The molecule has 20 heavy (non-hydrogen) atoms. The molecule has 1 aromatic carbocycles. The molecule has 5 heteroatoms. The number of fused-ring (bicyclic) bond motifs is 1. The van der Waals surface area contributed by atoms with Crippen LogP contribution in [0.2, 0.25) is 0 Å². The highest BCUT2D eigenvalue weighted by Crippen LogP contribution is 2.34. The molecule has 2 rings (SSSR count). The summed E-state index contributed by atoms with van der Waals surface area (Å²) in [7, 11) is 0. The summed E-state index contributed by atoms with van der Waals surface area (Å²) in [6, 6.07) is 5.10. The second-order valence-electron chi connectivity index (χ2n) is 5.35. The van der Waals surface area contributed by atoms with E-state index in [1.54, 1.807) is 30.0 Å². The Balaban J connectivity index is 2.41. The fraction of sp³-hybridized carbons (Fsp3) is 0.467. The van der Waals surface area contributed by atoms with Gasteiger partial charge in [-0.2, -0.15) is 0 Å². The van der Waals surface area contributed by atoms with Crippen molar-refractivity contribution in [2.24, 2.45) is 5.92 Å². The van der Waals surface area contributed by atoms with Crippen LogP contribution in [0.4, 0.5) is 5.69 Å². The Bertz CT molecular complexity index is 540. The zero-order valence-corrected chi connectivity index (χ0v) is 12.6. The van der Waals surface area contributed by atoms with E-state index in [-0.39, 0.29) is 18.3 Å². The van der Waals surface area contributed by atoms with Crippen LogP contribution in [0.25, 0.3) is 0 Å². The number of anilines is 1. The fourth-order valence-corrected chi connectivity index (χ4v) is 2.28. The molecule has 0 fully saturated rings. The molecule has 1 heterocycles. The van der Waals surface area contributed by atoms with Gasteiger partial charge in [0.15, 0.2) is 12.4 Å². The number of carbonyl (C=O) groups is 2. The summed E-state index contributed by atoms with van der Waals surface area (Å²) in [5, 5.41) is -0.591. The third-order valence-corrected chi connectivity index (χ3v) is 3.29. The average molecular weight is 296 g/mol. The number of hydrogen-bond donors (Lipinski definition) is 0. The molecule has 108 valence electrons. The predicted molar refractivity (Wildman–Crippen MR) is 78.8 cm³/mol. The van der Waals surface area contributed by atoms with E-state index in [1.165, 1.54) is 0 Å². The summed E-state index contributed by atoms with van der Waals surface area (Å²) in [4.78, 5) is 25.6. The van der Waals surface area contributed by atoms with E-state index in [4.69, 9.17) is 16.3 Å². The number of rotatable bonds is 4. The van der Waals surface area contributed by atoms with Crippen molar-refractivity contribution in [1.82, 2.24) is 0 Å². The van der Waals surface area contributed by atoms with Gasteiger partial charge in [0, 0.05) is 12.1 Å². The molecule has 0 aromatic heterocycles. The minimum absolute atomic E-state index is 0.0406. The number of Topliss-reactive ketones (excluding diaryl/α,β-unsaturated/α-hetero) is 1. The molecule has 0 N–H and O–H groups in total. The molecule has 1 unspecified atom stereocenters. The molecule has 0 bridgehead atoms. The Morgan fingerprint density at radius 2 is 2.10 bits per heavy atom. The van der Waals surface area contributed by atoms with E-state index >= 15 is 0 Å². The van der Waals surface area contributed by atoms with Crippen LogP contribution in [0.15, 0.2) is 18.2 Å². The summed E-state index contributed by atoms with van der Waals surface area (Å²) in [6.45, 7) is 6.36. The largest absolute Gasteiger partial charge is 0.482 e. The van der Waals surface area contributed by atoms with Crippen LogP contribution in [0.5, 0.6) is 5.75 Å². The fourth-order valence-electron chi connectivity index (χ4n) is 2.15. The average Bonchev–Trinajstić information content (AvgIpc) is 2.40. The van der Waals surface area contributed by atoms with Crippen LogP contribution in [0.1, 0.15) is 31.1 Å². The Kier molecular flexibility index (Phi) is 4.33. The third-order valence-electron chi connectivity index (χ3n) is 3.10. The van der Waals surface area contributed by atoms with Gasteiger partial charge in [-0.05, 0) is 31.0 Å². The van der Waals surface area contributed by atoms with Crippen molar-refractivity contribution in [3.05, 3.63) is 23.8 Å². The monoisotopic (exact) mass is 295 g/mol. The first-order valence-corrected chi connectivity index (χ1v) is 7.09. The van der Waals surface area contributed by atoms with E-state index < -0.39 is 5.38 Å². The number of benzene rings is 1. The number of ether oxygens (including phenoxy) is 1. The normalized spacial score (nSPS) is 15.8. The molecule has 0 aliphatic carbocycles. The molecular weight excluding hydrogens is 278 g/mol. The van der Waals surface area contributed by atoms with Crippen molar-refractivity contribution in [1.29, 1.82) is 0 Å². The molecule has 0 saturated carbocycles. The van der Waals surface area contributed by atoms with Crippen LogP contribution >= 0.6 is 11.6 Å². The Morgan fingerprint density at radius 3 is 2.70 bits per heavy atom. The maximum absolute atomic E-state index is 12.0. The second-order valence-corrected chi connectivity index (χ2v) is 6.00. The van der Waals surface area contributed by atoms with Crippen LogP contribution in [0, 0.1) is 5.92 Å². The molecule has 1 aliphatic rings. The Hall–Kier alpha value is -1.55. The molecule has 0 spiro atoms. The predicted octanol–water partition coefficient (Wildman–Crippen LogP) is 2.88. The molecule has 1 amide bonds. The highest BCUT2D eigenvalue weighted by atomic mass is 35.5. The van der Waals surface area contributed by atoms with Crippen molar-refractivity contribution < 1.29 is 14.3 Å². The van der Waals surface area contributed by atoms with Gasteiger partial charge in [-0.3, -0.25) is 9.59 Å². The quantitative estimate of drug-likeness (QED) is 0.634. The van der Waals surface area contributed by atoms with Crippen LogP contribution in [-0.4, -0.2) is 30.2 Å². The lowest BCUT2D eigenvalue weighted by molar-refractivity contribution is -0.121. The van der Waals surface area contributed by atoms with Crippen LogP contribution in [0.3, 0.4) is 0 Å². The minimum atomic E-state index is -0.591. The molecular formula is C15H18ClNO3. The first kappa shape index (κ1) is 14.9. The third kappa shape index (κ3) is 2.96. The molecule has 4 nitrogen and oxygen atoms in total. The van der Waals surface area contributed by atoms with Gasteiger partial charge in [0.05, 0.1) is 11.1 Å². The van der Waals surface area contributed by atoms with E-state index in [1.807, 2.05) is 13.8 Å². The van der Waals surface area contributed by atoms with Gasteiger partial charge in [-0.1, -0.05) is 13.8 Å². The van der Waals surface area contributed by atoms with Crippen molar-refractivity contribution in [2.75, 3.05) is 18.1 Å². The summed E-state index contributed by atoms with van der Waals surface area (Å²) >= 11 is 5.83. The lowest BCUT2D eigenvalue weighted by atomic mass is 10.1. The Morgan fingerprint density at radius 1 is 1.40 bits per heavy atom. The molecule has 1 aromatic rings. The van der Waals surface area contributed by atoms with E-state index in [2.05, 4.69) is 0 Å². The van der Waals surface area contributed by atoms with Gasteiger partial charge in [0.2, 0.25) is 0 Å². The summed E-state index contributed by atoms with van der Waals surface area (Å²) < 4.78 is 5.41. The number of hydrogen-bond acceptors (Lipinski definition) is 3. The van der Waals surface area contributed by atoms with Gasteiger partial charge >= 0.3 is 0 Å². The number of alkyl halides is 1. The number of amides is 1. The topological polar surface area (TPSA) is 46.6 Å². The summed E-state index contributed by atoms with van der Waals surface area (Å²) in [6.07, 6.45) is 0. The van der Waals surface area contributed by atoms with Gasteiger partial charge in [0.1, 0.15) is 5.75 Å². The second kappa shape index (κ2) is 5.83. The molecule has 1 aliphatic heterocycles. The first-order valence-electron chi connectivity index (χ1n) is 6.65. The van der Waals surface area contributed by atoms with Crippen LogP contribution < -0.4 is 9.64 Å². The van der Waals surface area contributed by atoms with Crippen molar-refractivity contribution >= 4 is 29.0 Å². The standard InChI is InChI=1S/C15H18ClNO3/c1-9(2)7-17-12-6-11(15(19)10(3)16)4-5-13(12)20-8-14(17)18/h4-6,9-10H,7-8H2,1-3H3. The lowest BCUT2D eigenvalue weighted by Crippen LogP contribution is -2.41. The highest BCUT2D eigenvalue weighted by Gasteiger charge is 2.27. The minimum Gasteiger partial charge on any atom is -0.482 e. The lowest BCUT2D eigenvalue weighted by Gasteiger charge is -2.31. The zero-order chi connectivity index (χ0) is 14.9. The highest BCUT2D eigenvalue weighted by molar-refractivity contribution is 6.33. The summed E-state index contributed by atoms with van der Waals surface area (Å²) in [5.41, 5.74) is 1.15. The van der Waals surface area contributed by atoms with Gasteiger partial charge < -0.3 is 9.64 Å². The molecule has 0 radical (unpaired) electrons. The van der Waals surface area contributed by atoms with Crippen molar-refractivity contribution in [2.45, 2.75) is 26.1 Å². The van der Waals surface area contributed by atoms with E-state index in [0.29, 0.717) is 29.5 Å². The maximum Gasteiger partial charge on any atom is 0.265 e. The van der Waals surface area contributed by atoms with Gasteiger partial charge in [0.25, 0.3) is 5.91 Å². The van der Waals surface area contributed by atoms with E-state index in [9.17, 15) is 9.59 Å². The maximum atomic E-state index is 12.0. The van der Waals surface area contributed by atoms with Crippen molar-refractivity contribution in [3.8, 4) is 5.75 Å². The number of halogens is 1. The zero-order valence-electron chi connectivity index (χ0n) is 11.9. The van der Waals surface area contributed by atoms with Gasteiger partial charge in [-0.15, -0.1) is 11.6 Å². The number of ketones is 1. The SMILES string of the molecule is CC(C)CN1C(=O)COc2ccc(C(=O)C(C)Cl)cc21. The van der Waals surface area contributed by atoms with E-state index in [0.717, 1.165) is 0 Å². The smallest absolute Gasteiger partial charge is 0.265 e. The molecule has 1 atom stereocenters. The Labute approximate surface area is 123 Å². The van der Waals surface area contributed by atoms with Crippen molar-refractivity contribution in [3.63, 3.8) is 0 Å². The van der Waals surface area contributed by atoms with Crippen LogP contribution in [-0.2, 0) is 4.79 Å². The summed E-state index contributed by atoms with van der Waals surface area (Å²) in [5.74, 6) is 0.715. The number of nitrogens with zero attached hydrogens (tertiary/aromatic N) is 1.